The Morgan fingerprint density at radius 2 is 1.80 bits per heavy atom. The zero-order valence-electron chi connectivity index (χ0n) is 23.7. The lowest BCUT2D eigenvalue weighted by Gasteiger charge is -2.33. The van der Waals surface area contributed by atoms with Crippen molar-refractivity contribution in [2.45, 2.75) is 46.6 Å². The minimum absolute atomic E-state index is 0.0151. The number of nitro groups is 1. The second-order valence-electron chi connectivity index (χ2n) is 10.7. The first-order valence-electron chi connectivity index (χ1n) is 13.0. The Morgan fingerprint density at radius 1 is 1.12 bits per heavy atom. The van der Waals surface area contributed by atoms with Gasteiger partial charge in [0.1, 0.15) is 5.82 Å². The van der Waals surface area contributed by atoms with Crippen molar-refractivity contribution in [3.8, 4) is 0 Å². The number of non-ortho nitro benzene ring substituents is 1. The van der Waals surface area contributed by atoms with Gasteiger partial charge in [-0.2, -0.15) is 0 Å². The lowest BCUT2D eigenvalue weighted by Crippen LogP contribution is -2.37. The van der Waals surface area contributed by atoms with Crippen LogP contribution in [0.5, 0.6) is 0 Å². The molecule has 0 spiro atoms. The Labute approximate surface area is 233 Å². The first-order valence-corrected chi connectivity index (χ1v) is 13.0. The highest BCUT2D eigenvalue weighted by atomic mass is 19.1. The number of methoxy groups -OCH3 is 1. The van der Waals surface area contributed by atoms with Crippen molar-refractivity contribution < 1.29 is 28.4 Å². The number of hydrogen-bond donors (Lipinski definition) is 1. The van der Waals surface area contributed by atoms with E-state index in [4.69, 9.17) is 9.47 Å². The van der Waals surface area contributed by atoms with E-state index >= 15 is 4.39 Å². The van der Waals surface area contributed by atoms with Gasteiger partial charge in [-0.3, -0.25) is 10.1 Å². The second-order valence-corrected chi connectivity index (χ2v) is 10.7. The van der Waals surface area contributed by atoms with Gasteiger partial charge < -0.3 is 19.7 Å². The largest absolute Gasteiger partial charge is 0.466 e. The van der Waals surface area contributed by atoms with E-state index in [2.05, 4.69) is 10.2 Å². The van der Waals surface area contributed by atoms with Gasteiger partial charge in [-0.05, 0) is 32.0 Å². The number of nitrogens with one attached hydrogen (secondary N) is 1. The monoisotopic (exact) mass is 553 g/mol. The Bertz CT molecular complexity index is 1340. The third kappa shape index (κ3) is 7.12. The first kappa shape index (κ1) is 30.5. The second kappa shape index (κ2) is 12.9. The van der Waals surface area contributed by atoms with Crippen molar-refractivity contribution in [3.63, 3.8) is 0 Å². The van der Waals surface area contributed by atoms with Gasteiger partial charge in [0.05, 0.1) is 35.7 Å². The maximum absolute atomic E-state index is 15.3. The zero-order chi connectivity index (χ0) is 29.6. The number of benzene rings is 2. The van der Waals surface area contributed by atoms with Crippen LogP contribution in [-0.4, -0.2) is 49.1 Å². The Hall–Kier alpha value is -4.05. The van der Waals surface area contributed by atoms with Crippen LogP contribution in [-0.2, 0) is 25.6 Å². The Morgan fingerprint density at radius 3 is 2.40 bits per heavy atom. The zero-order valence-corrected chi connectivity index (χ0v) is 23.7. The van der Waals surface area contributed by atoms with Gasteiger partial charge in [0.25, 0.3) is 5.69 Å². The highest BCUT2D eigenvalue weighted by Crippen LogP contribution is 2.42. The summed E-state index contributed by atoms with van der Waals surface area (Å²) in [6.45, 7) is 8.73. The first-order chi connectivity index (χ1) is 18.9. The predicted octanol–water partition coefficient (Wildman–Crippen LogP) is 5.23. The lowest BCUT2D eigenvalue weighted by molar-refractivity contribution is -0.385. The molecule has 1 atom stereocenters. The van der Waals surface area contributed by atoms with Crippen LogP contribution in [0.1, 0.15) is 51.2 Å². The number of halogens is 1. The molecular weight excluding hydrogens is 517 g/mol. The minimum Gasteiger partial charge on any atom is -0.466 e. The summed E-state index contributed by atoms with van der Waals surface area (Å²) in [5, 5.41) is 14.6. The molecule has 1 N–H and O–H groups in total. The highest BCUT2D eigenvalue weighted by molar-refractivity contribution is 6.00. The maximum Gasteiger partial charge on any atom is 0.336 e. The summed E-state index contributed by atoms with van der Waals surface area (Å²) in [5.41, 5.74) is 0.944. The lowest BCUT2D eigenvalue weighted by atomic mass is 9.79. The minimum atomic E-state index is -1.26. The SMILES string of the molecule is CCC1=C(C(=O)OCC(C)(C)CN(C)Cc2ccccc2)C(c2cc([N+](=O)[O-])ccc2F)C(C(=O)OC)=C(C)N1. The number of nitrogens with zero attached hydrogens (tertiary/aromatic N) is 2. The molecule has 0 aliphatic carbocycles. The molecule has 1 heterocycles. The third-order valence-corrected chi connectivity index (χ3v) is 6.71. The fourth-order valence-corrected chi connectivity index (χ4v) is 5.04. The van der Waals surface area contributed by atoms with Gasteiger partial charge in [0.2, 0.25) is 0 Å². The number of esters is 2. The molecule has 10 heteroatoms. The molecule has 0 amide bonds. The number of allylic oxidation sites excluding steroid dienone is 2. The van der Waals surface area contributed by atoms with E-state index in [0.717, 1.165) is 23.8 Å². The topological polar surface area (TPSA) is 111 Å². The van der Waals surface area contributed by atoms with Crippen molar-refractivity contribution in [3.05, 3.63) is 98.1 Å². The van der Waals surface area contributed by atoms with Crippen LogP contribution in [0.25, 0.3) is 0 Å². The molecule has 1 unspecified atom stereocenters. The molecule has 214 valence electrons. The van der Waals surface area contributed by atoms with E-state index in [-0.39, 0.29) is 29.0 Å². The molecule has 0 fully saturated rings. The fourth-order valence-electron chi connectivity index (χ4n) is 5.04. The molecule has 2 aromatic rings. The summed E-state index contributed by atoms with van der Waals surface area (Å²) < 4.78 is 26.0. The highest BCUT2D eigenvalue weighted by Gasteiger charge is 2.40. The Balaban J connectivity index is 1.94. The van der Waals surface area contributed by atoms with Crippen LogP contribution in [0, 0.1) is 21.3 Å². The molecular formula is C30H36FN3O6. The van der Waals surface area contributed by atoms with Crippen molar-refractivity contribution in [1.82, 2.24) is 10.2 Å². The van der Waals surface area contributed by atoms with Gasteiger partial charge in [0.15, 0.2) is 0 Å². The third-order valence-electron chi connectivity index (χ3n) is 6.71. The maximum atomic E-state index is 15.3. The number of nitro benzene ring substituents is 1. The summed E-state index contributed by atoms with van der Waals surface area (Å²) in [4.78, 5) is 39.6. The molecule has 1 aliphatic rings. The number of ether oxygens (including phenoxy) is 2. The molecule has 0 saturated carbocycles. The molecule has 9 nitrogen and oxygen atoms in total. The van der Waals surface area contributed by atoms with Crippen LogP contribution >= 0.6 is 0 Å². The molecule has 0 bridgehead atoms. The van der Waals surface area contributed by atoms with Gasteiger partial charge in [-0.25, -0.2) is 14.0 Å². The number of hydrogen-bond acceptors (Lipinski definition) is 8. The van der Waals surface area contributed by atoms with Gasteiger partial charge in [-0.15, -0.1) is 0 Å². The smallest absolute Gasteiger partial charge is 0.336 e. The molecule has 1 aliphatic heterocycles. The molecule has 3 rings (SSSR count). The number of rotatable bonds is 11. The number of dihydropyridines is 1. The van der Waals surface area contributed by atoms with E-state index in [0.29, 0.717) is 30.9 Å². The number of carbonyl (C=O) groups excluding carboxylic acids is 2. The summed E-state index contributed by atoms with van der Waals surface area (Å²) in [6.07, 6.45) is 0.340. The van der Waals surface area contributed by atoms with Crippen molar-refractivity contribution in [2.75, 3.05) is 27.3 Å². The van der Waals surface area contributed by atoms with E-state index in [1.807, 2.05) is 51.2 Å². The van der Waals surface area contributed by atoms with E-state index in [1.165, 1.54) is 7.11 Å². The van der Waals surface area contributed by atoms with Crippen molar-refractivity contribution >= 4 is 17.6 Å². The standard InChI is InChI=1S/C30H36FN3O6/c1-7-24-27(29(36)40-18-30(3,4)17-33(5)16-20-11-9-8-10-12-20)26(25(19(2)32-24)28(35)39-6)22-15-21(34(37)38)13-14-23(22)31/h8-15,26,32H,7,16-18H2,1-6H3. The van der Waals surface area contributed by atoms with Crippen LogP contribution in [0.3, 0.4) is 0 Å². The van der Waals surface area contributed by atoms with E-state index in [1.54, 1.807) is 13.8 Å². The van der Waals surface area contributed by atoms with E-state index < -0.39 is 34.0 Å². The quantitative estimate of drug-likeness (QED) is 0.229. The van der Waals surface area contributed by atoms with Gasteiger partial charge in [-0.1, -0.05) is 51.1 Å². The molecule has 0 radical (unpaired) electrons. The predicted molar refractivity (Wildman–Crippen MR) is 148 cm³/mol. The number of carbonyl (C=O) groups is 2. The fraction of sp³-hybridized carbons (Fsp3) is 0.400. The van der Waals surface area contributed by atoms with Crippen LogP contribution in [0.2, 0.25) is 0 Å². The molecule has 0 saturated heterocycles. The molecule has 2 aromatic carbocycles. The average molecular weight is 554 g/mol. The average Bonchev–Trinajstić information content (AvgIpc) is 2.91. The van der Waals surface area contributed by atoms with Crippen LogP contribution in [0.15, 0.2) is 71.1 Å². The summed E-state index contributed by atoms with van der Waals surface area (Å²) >= 11 is 0. The van der Waals surface area contributed by atoms with Crippen LogP contribution in [0.4, 0.5) is 10.1 Å². The van der Waals surface area contributed by atoms with Gasteiger partial charge in [0, 0.05) is 47.6 Å². The van der Waals surface area contributed by atoms with Crippen LogP contribution < -0.4 is 5.32 Å². The van der Waals surface area contributed by atoms with Crippen molar-refractivity contribution in [1.29, 1.82) is 0 Å². The Kier molecular flexibility index (Phi) is 9.81. The summed E-state index contributed by atoms with van der Waals surface area (Å²) in [6, 6.07) is 13.0. The molecule has 40 heavy (non-hydrogen) atoms. The van der Waals surface area contributed by atoms with Crippen molar-refractivity contribution in [2.24, 2.45) is 5.41 Å². The normalized spacial score (nSPS) is 15.7. The summed E-state index contributed by atoms with van der Waals surface area (Å²) in [5.74, 6) is -3.59. The van der Waals surface area contributed by atoms with E-state index in [9.17, 15) is 19.7 Å². The molecule has 0 aromatic heterocycles. The summed E-state index contributed by atoms with van der Waals surface area (Å²) in [7, 11) is 3.16. The van der Waals surface area contributed by atoms with Gasteiger partial charge >= 0.3 is 11.9 Å².